The second kappa shape index (κ2) is 34.2. The molecule has 0 aliphatic heterocycles. The zero-order chi connectivity index (χ0) is 75.9. The van der Waals surface area contributed by atoms with Gasteiger partial charge in [-0.1, -0.05) is 267 Å². The molecule has 0 amide bonds. The van der Waals surface area contributed by atoms with E-state index in [-0.39, 0.29) is 39.6 Å². The Morgan fingerprint density at radius 2 is 0.328 bits per heavy atom. The molecule has 0 bridgehead atoms. The van der Waals surface area contributed by atoms with Gasteiger partial charge in [0.2, 0.25) is 0 Å². The third kappa shape index (κ3) is 15.7. The van der Waals surface area contributed by atoms with Gasteiger partial charge in [0.1, 0.15) is 0 Å². The third-order valence-corrected chi connectivity index (χ3v) is 21.0. The average Bonchev–Trinajstić information content (AvgIpc) is 0.768. The van der Waals surface area contributed by atoms with Gasteiger partial charge in [0.05, 0.1) is 6.33 Å². The Bertz CT molecular complexity index is 5960. The SMILES string of the molecule is [Ir+3].[Rh+3].[c-]1cc(-c2ccccc2-c2cc(-c3ccccc3-c3c[c-]c(-c4ccccn4)cc3)cc(-c3ccccc3-c3c[c-]c(-c4cc(-c5[c-]cc(-c6ccccc6-c6cc(-c7ccccc7-c7c[c-]c(-c8ccccn8)cc7)cc(-c7ccccc7-c7c[c-]c(-c8ccccn8)cc7)c6)cc5)ncn4)cc3)c2)ccc1-c1ccccn1. The molecule has 6 nitrogen and oxygen atoms in total. The van der Waals surface area contributed by atoms with Crippen molar-refractivity contribution in [3.8, 4) is 201 Å². The van der Waals surface area contributed by atoms with Crippen LogP contribution in [0.15, 0.2) is 401 Å². The van der Waals surface area contributed by atoms with E-state index in [4.69, 9.17) is 9.97 Å². The molecule has 0 saturated heterocycles. The summed E-state index contributed by atoms with van der Waals surface area (Å²) in [4.78, 5) is 28.1. The Morgan fingerprint density at radius 1 is 0.155 bits per heavy atom. The van der Waals surface area contributed by atoms with Crippen molar-refractivity contribution in [2.75, 3.05) is 0 Å². The Morgan fingerprint density at radius 3 is 0.491 bits per heavy atom. The molecular weight excluding hydrogens is 1680 g/mol. The van der Waals surface area contributed by atoms with Crippen LogP contribution in [0, 0.1) is 36.4 Å². The van der Waals surface area contributed by atoms with E-state index >= 15 is 0 Å². The summed E-state index contributed by atoms with van der Waals surface area (Å²) in [6, 6.07) is 152. The summed E-state index contributed by atoms with van der Waals surface area (Å²) in [5.74, 6) is 0. The van der Waals surface area contributed by atoms with Crippen molar-refractivity contribution < 1.29 is 39.6 Å². The van der Waals surface area contributed by atoms with E-state index in [2.05, 4.69) is 348 Å². The summed E-state index contributed by atoms with van der Waals surface area (Å²) < 4.78 is 0. The van der Waals surface area contributed by atoms with Crippen LogP contribution in [-0.2, 0) is 39.6 Å². The third-order valence-electron chi connectivity index (χ3n) is 21.0. The van der Waals surface area contributed by atoms with Crippen molar-refractivity contribution >= 4 is 0 Å². The first kappa shape index (κ1) is 74.8. The van der Waals surface area contributed by atoms with Crippen LogP contribution in [0.5, 0.6) is 0 Å². The molecule has 0 N–H and O–H groups in total. The number of hydrogen-bond donors (Lipinski definition) is 0. The quantitative estimate of drug-likeness (QED) is 0.0629. The molecule has 0 atom stereocenters. The van der Waals surface area contributed by atoms with Crippen LogP contribution in [0.25, 0.3) is 201 Å². The number of hydrogen-bond acceptors (Lipinski definition) is 6. The minimum absolute atomic E-state index is 0. The topological polar surface area (TPSA) is 77.3 Å². The first-order chi connectivity index (χ1) is 56.5. The number of aromatic nitrogens is 6. The number of pyridine rings is 4. The Kier molecular flexibility index (Phi) is 22.0. The average molecular weight is 1740 g/mol. The molecule has 0 saturated carbocycles. The van der Waals surface area contributed by atoms with Gasteiger partial charge in [-0.15, -0.1) is 179 Å². The molecule has 116 heavy (non-hydrogen) atoms. The van der Waals surface area contributed by atoms with Crippen LogP contribution in [0.2, 0.25) is 0 Å². The smallest absolute Gasteiger partial charge is 0.305 e. The Labute approximate surface area is 702 Å². The van der Waals surface area contributed by atoms with Crippen molar-refractivity contribution in [1.82, 2.24) is 29.9 Å². The van der Waals surface area contributed by atoms with Gasteiger partial charge in [-0.2, -0.15) is 0 Å². The summed E-state index contributed by atoms with van der Waals surface area (Å²) in [7, 11) is 0. The van der Waals surface area contributed by atoms with Gasteiger partial charge in [0, 0.05) is 24.8 Å². The maximum absolute atomic E-state index is 4.84. The van der Waals surface area contributed by atoms with Gasteiger partial charge < -0.3 is 19.9 Å². The van der Waals surface area contributed by atoms with E-state index in [1.165, 1.54) is 0 Å². The van der Waals surface area contributed by atoms with Crippen molar-refractivity contribution in [3.63, 3.8) is 0 Å². The fourth-order valence-corrected chi connectivity index (χ4v) is 15.4. The van der Waals surface area contributed by atoms with Crippen LogP contribution >= 0.6 is 0 Å². The molecule has 5 aromatic heterocycles. The summed E-state index contributed by atoms with van der Waals surface area (Å²) in [6.07, 6.45) is 8.91. The molecule has 5 heterocycles. The van der Waals surface area contributed by atoms with Crippen molar-refractivity contribution in [2.45, 2.75) is 0 Å². The molecule has 8 heteroatoms. The minimum atomic E-state index is 0. The molecule has 0 radical (unpaired) electrons. The molecule has 0 aliphatic carbocycles. The van der Waals surface area contributed by atoms with Crippen LogP contribution in [0.1, 0.15) is 0 Å². The number of nitrogens with zero attached hydrogens (tertiary/aromatic N) is 6. The van der Waals surface area contributed by atoms with Gasteiger partial charge >= 0.3 is 39.6 Å². The first-order valence-electron chi connectivity index (χ1n) is 38.0. The monoisotopic (exact) mass is 1740 g/mol. The fraction of sp³-hybridized carbons (Fsp3) is 0. The molecule has 0 unspecified atom stereocenters. The van der Waals surface area contributed by atoms with E-state index < -0.39 is 0 Å². The van der Waals surface area contributed by atoms with Gasteiger partial charge in [0.15, 0.2) is 0 Å². The molecule has 19 rings (SSSR count). The number of benzene rings is 14. The zero-order valence-electron chi connectivity index (χ0n) is 62.5. The normalized spacial score (nSPS) is 11.0. The van der Waals surface area contributed by atoms with E-state index in [9.17, 15) is 0 Å². The van der Waals surface area contributed by atoms with E-state index in [1.54, 1.807) is 6.33 Å². The minimum Gasteiger partial charge on any atom is -0.305 e. The second-order valence-electron chi connectivity index (χ2n) is 28.0. The number of rotatable bonds is 18. The second-order valence-corrected chi connectivity index (χ2v) is 28.0. The van der Waals surface area contributed by atoms with Crippen LogP contribution in [0.4, 0.5) is 0 Å². The van der Waals surface area contributed by atoms with Crippen LogP contribution in [-0.4, -0.2) is 29.9 Å². The van der Waals surface area contributed by atoms with Gasteiger partial charge in [-0.3, -0.25) is 9.97 Å². The van der Waals surface area contributed by atoms with E-state index in [1.807, 2.05) is 104 Å². The molecule has 19 aromatic rings. The van der Waals surface area contributed by atoms with Crippen LogP contribution in [0.3, 0.4) is 0 Å². The van der Waals surface area contributed by atoms with E-state index in [0.717, 1.165) is 201 Å². The van der Waals surface area contributed by atoms with Crippen molar-refractivity contribution in [3.05, 3.63) is 438 Å². The maximum atomic E-state index is 4.84. The molecule has 0 spiro atoms. The van der Waals surface area contributed by atoms with Crippen LogP contribution < -0.4 is 0 Å². The molecule has 546 valence electrons. The van der Waals surface area contributed by atoms with Crippen molar-refractivity contribution in [2.24, 2.45) is 0 Å². The zero-order valence-corrected chi connectivity index (χ0v) is 66.5. The van der Waals surface area contributed by atoms with Gasteiger partial charge in [-0.05, 0) is 162 Å². The van der Waals surface area contributed by atoms with Gasteiger partial charge in [0.25, 0.3) is 0 Å². The van der Waals surface area contributed by atoms with E-state index in [0.29, 0.717) is 0 Å². The predicted molar refractivity (Wildman–Crippen MR) is 464 cm³/mol. The van der Waals surface area contributed by atoms with Gasteiger partial charge in [-0.25, -0.2) is 0 Å². The molecule has 0 fully saturated rings. The molecular formula is C108H66IrN6Rh. The summed E-state index contributed by atoms with van der Waals surface area (Å²) >= 11 is 0. The molecule has 0 aliphatic rings. The standard InChI is InChI=1S/C108H66N6.Ir.Rh/c1-7-27-97(91(21-1)73-37-49-79(50-38-73)103-33-13-17-61-109-103)85-65-86(98-28-8-2-22-92(98)74-39-51-80(52-40-74)104-34-14-18-62-110-104)68-89(67-85)101-31-11-5-25-95(101)77-45-57-83(58-46-77)107-71-108(114-72-113-107)84-59-47-78(48-60-84)96-26-6-12-32-102(96)90-69-87(99-29-9-3-23-93(99)75-41-53-81(54-42-75)105-35-15-19-63-111-105)66-88(70-90)100-30-10-4-24-94(100)76-43-55-82(56-44-76)106-36-16-20-64-112-106;;/h1-49,51,53,55,57,59,61-72H;;/q-6;2*+3. The predicted octanol–water partition coefficient (Wildman–Crippen LogP) is 26.9. The summed E-state index contributed by atoms with van der Waals surface area (Å²) in [6.45, 7) is 0. The first-order valence-corrected chi connectivity index (χ1v) is 38.0. The fourth-order valence-electron chi connectivity index (χ4n) is 15.4. The molecule has 14 aromatic carbocycles. The van der Waals surface area contributed by atoms with Crippen molar-refractivity contribution in [1.29, 1.82) is 0 Å². The Balaban J connectivity index is 0.00000484. The summed E-state index contributed by atoms with van der Waals surface area (Å²) in [5.41, 5.74) is 36.4. The Hall–Kier alpha value is -14.0. The largest absolute Gasteiger partial charge is 3.00 e. The maximum Gasteiger partial charge on any atom is 3.00 e. The summed E-state index contributed by atoms with van der Waals surface area (Å²) in [5, 5.41) is 0.